The molecule has 0 aliphatic carbocycles. The van der Waals surface area contributed by atoms with E-state index in [1.165, 1.54) is 0 Å². The zero-order valence-electron chi connectivity index (χ0n) is 10.5. The third-order valence-corrected chi connectivity index (χ3v) is 2.33. The zero-order valence-corrected chi connectivity index (χ0v) is 10.5. The lowest BCUT2D eigenvalue weighted by molar-refractivity contribution is 0.00376. The molecule has 0 spiro atoms. The van der Waals surface area contributed by atoms with Crippen molar-refractivity contribution < 1.29 is 14.6 Å². The first-order valence-electron chi connectivity index (χ1n) is 5.34. The third-order valence-electron chi connectivity index (χ3n) is 2.33. The molecule has 0 aliphatic heterocycles. The molecule has 1 heterocycles. The van der Waals surface area contributed by atoms with Crippen LogP contribution in [-0.2, 0) is 11.8 Å². The van der Waals surface area contributed by atoms with Gasteiger partial charge in [-0.25, -0.2) is 4.68 Å². The average molecular weight is 228 g/mol. The molecule has 5 nitrogen and oxygen atoms in total. The van der Waals surface area contributed by atoms with Crippen molar-refractivity contribution in [1.82, 2.24) is 9.78 Å². The highest BCUT2D eigenvalue weighted by Gasteiger charge is 2.21. The van der Waals surface area contributed by atoms with E-state index in [1.54, 1.807) is 18.8 Å². The molecule has 1 aromatic heterocycles. The van der Waals surface area contributed by atoms with Crippen LogP contribution < -0.4 is 4.74 Å². The van der Waals surface area contributed by atoms with Crippen molar-refractivity contribution in [2.45, 2.75) is 33.0 Å². The molecule has 0 amide bonds. The Hall–Kier alpha value is -1.07. The van der Waals surface area contributed by atoms with Gasteiger partial charge in [0.1, 0.15) is 6.10 Å². The molecule has 1 N–H and O–H groups in total. The molecule has 92 valence electrons. The molecule has 0 saturated heterocycles. The van der Waals surface area contributed by atoms with E-state index in [0.29, 0.717) is 11.4 Å². The van der Waals surface area contributed by atoms with Crippen molar-refractivity contribution in [3.8, 4) is 5.88 Å². The largest absolute Gasteiger partial charge is 0.481 e. The van der Waals surface area contributed by atoms with Gasteiger partial charge in [-0.1, -0.05) is 0 Å². The maximum absolute atomic E-state index is 10.0. The topological polar surface area (TPSA) is 56.5 Å². The van der Waals surface area contributed by atoms with Crippen molar-refractivity contribution in [3.05, 3.63) is 11.3 Å². The van der Waals surface area contributed by atoms with Crippen LogP contribution in [0.1, 0.15) is 31.2 Å². The molecule has 1 unspecified atom stereocenters. The Morgan fingerprint density at radius 3 is 2.56 bits per heavy atom. The minimum absolute atomic E-state index is 0.0950. The number of methoxy groups -OCH3 is 1. The summed E-state index contributed by atoms with van der Waals surface area (Å²) in [5.74, 6) is 0.581. The van der Waals surface area contributed by atoms with Crippen LogP contribution >= 0.6 is 0 Å². The number of nitrogens with zero attached hydrogens (tertiary/aromatic N) is 2. The van der Waals surface area contributed by atoms with E-state index >= 15 is 0 Å². The summed E-state index contributed by atoms with van der Waals surface area (Å²) in [6.07, 6.45) is -0.608. The molecule has 0 saturated carbocycles. The molecule has 0 radical (unpaired) electrons. The van der Waals surface area contributed by atoms with Crippen LogP contribution in [0.15, 0.2) is 0 Å². The molecule has 1 rings (SSSR count). The van der Waals surface area contributed by atoms with Crippen LogP contribution in [-0.4, -0.2) is 34.7 Å². The first-order chi connectivity index (χ1) is 7.47. The molecule has 5 heteroatoms. The Morgan fingerprint density at radius 2 is 2.06 bits per heavy atom. The number of ether oxygens (including phenoxy) is 2. The molecule has 16 heavy (non-hydrogen) atoms. The molecular formula is C11H20N2O3. The van der Waals surface area contributed by atoms with E-state index in [1.807, 2.05) is 20.8 Å². The van der Waals surface area contributed by atoms with Crippen molar-refractivity contribution in [1.29, 1.82) is 0 Å². The predicted molar refractivity (Wildman–Crippen MR) is 60.5 cm³/mol. The fourth-order valence-electron chi connectivity index (χ4n) is 1.65. The Balaban J connectivity index is 2.85. The first kappa shape index (κ1) is 13.0. The number of hydrogen-bond donors (Lipinski definition) is 1. The van der Waals surface area contributed by atoms with E-state index < -0.39 is 6.10 Å². The SMILES string of the molecule is COc1c(C(O)COC(C)C)c(C)nn1C. The van der Waals surface area contributed by atoms with Gasteiger partial charge in [0.05, 0.1) is 31.1 Å². The van der Waals surface area contributed by atoms with Crippen LogP contribution in [0, 0.1) is 6.92 Å². The van der Waals surface area contributed by atoms with Crippen LogP contribution in [0.3, 0.4) is 0 Å². The van der Waals surface area contributed by atoms with Gasteiger partial charge < -0.3 is 14.6 Å². The van der Waals surface area contributed by atoms with Gasteiger partial charge in [0.15, 0.2) is 0 Å². The van der Waals surface area contributed by atoms with Gasteiger partial charge in [-0.3, -0.25) is 0 Å². The maximum atomic E-state index is 10.0. The highest BCUT2D eigenvalue weighted by molar-refractivity contribution is 5.33. The van der Waals surface area contributed by atoms with Crippen molar-refractivity contribution >= 4 is 0 Å². The summed E-state index contributed by atoms with van der Waals surface area (Å²) in [6, 6.07) is 0. The summed E-state index contributed by atoms with van der Waals surface area (Å²) in [5, 5.41) is 14.2. The normalized spacial score (nSPS) is 13.2. The summed E-state index contributed by atoms with van der Waals surface area (Å²) in [6.45, 7) is 5.96. The lowest BCUT2D eigenvalue weighted by Gasteiger charge is -2.14. The molecule has 0 fully saturated rings. The van der Waals surface area contributed by atoms with Crippen LogP contribution in [0.4, 0.5) is 0 Å². The second kappa shape index (κ2) is 5.32. The third kappa shape index (κ3) is 2.74. The standard InChI is InChI=1S/C11H20N2O3/c1-7(2)16-6-9(14)10-8(3)12-13(4)11(10)15-5/h7,9,14H,6H2,1-5H3. The Morgan fingerprint density at radius 1 is 1.44 bits per heavy atom. The number of aliphatic hydroxyl groups excluding tert-OH is 1. The van der Waals surface area contributed by atoms with E-state index in [0.717, 1.165) is 5.69 Å². The molecule has 0 bridgehead atoms. The van der Waals surface area contributed by atoms with Crippen LogP contribution in [0.2, 0.25) is 0 Å². The van der Waals surface area contributed by atoms with Gasteiger partial charge in [0, 0.05) is 7.05 Å². The van der Waals surface area contributed by atoms with E-state index in [4.69, 9.17) is 9.47 Å². The number of rotatable bonds is 5. The van der Waals surface area contributed by atoms with E-state index in [9.17, 15) is 5.11 Å². The lowest BCUT2D eigenvalue weighted by atomic mass is 10.1. The minimum Gasteiger partial charge on any atom is -0.481 e. The highest BCUT2D eigenvalue weighted by Crippen LogP contribution is 2.28. The Bertz CT molecular complexity index is 347. The smallest absolute Gasteiger partial charge is 0.217 e. The first-order valence-corrected chi connectivity index (χ1v) is 5.34. The van der Waals surface area contributed by atoms with Gasteiger partial charge in [0.25, 0.3) is 0 Å². The number of aliphatic hydroxyl groups is 1. The fraction of sp³-hybridized carbons (Fsp3) is 0.727. The van der Waals surface area contributed by atoms with Crippen molar-refractivity contribution in [2.75, 3.05) is 13.7 Å². The molecule has 1 atom stereocenters. The predicted octanol–water partition coefficient (Wildman–Crippen LogP) is 1.20. The maximum Gasteiger partial charge on any atom is 0.217 e. The van der Waals surface area contributed by atoms with E-state index in [2.05, 4.69) is 5.10 Å². The fourth-order valence-corrected chi connectivity index (χ4v) is 1.65. The Kier molecular flexibility index (Phi) is 4.32. The quantitative estimate of drug-likeness (QED) is 0.822. The summed E-state index contributed by atoms with van der Waals surface area (Å²) in [7, 11) is 3.35. The van der Waals surface area contributed by atoms with Crippen molar-refractivity contribution in [2.24, 2.45) is 7.05 Å². The number of aryl methyl sites for hydroxylation is 2. The van der Waals surface area contributed by atoms with E-state index in [-0.39, 0.29) is 12.7 Å². The highest BCUT2D eigenvalue weighted by atomic mass is 16.5. The minimum atomic E-state index is -0.703. The molecule has 0 aliphatic rings. The second-order valence-corrected chi connectivity index (χ2v) is 4.03. The van der Waals surface area contributed by atoms with Gasteiger partial charge in [-0.05, 0) is 20.8 Å². The molecular weight excluding hydrogens is 208 g/mol. The Labute approximate surface area is 96.0 Å². The van der Waals surface area contributed by atoms with Gasteiger partial charge >= 0.3 is 0 Å². The van der Waals surface area contributed by atoms with Crippen molar-refractivity contribution in [3.63, 3.8) is 0 Å². The summed E-state index contributed by atoms with van der Waals surface area (Å²) in [5.41, 5.74) is 1.46. The average Bonchev–Trinajstić information content (AvgIpc) is 2.49. The zero-order chi connectivity index (χ0) is 12.3. The lowest BCUT2D eigenvalue weighted by Crippen LogP contribution is -2.13. The van der Waals surface area contributed by atoms with Gasteiger partial charge in [-0.2, -0.15) is 5.10 Å². The summed E-state index contributed by atoms with van der Waals surface area (Å²) >= 11 is 0. The summed E-state index contributed by atoms with van der Waals surface area (Å²) < 4.78 is 12.2. The van der Waals surface area contributed by atoms with Crippen LogP contribution in [0.5, 0.6) is 5.88 Å². The van der Waals surface area contributed by atoms with Gasteiger partial charge in [-0.15, -0.1) is 0 Å². The number of hydrogen-bond acceptors (Lipinski definition) is 4. The van der Waals surface area contributed by atoms with Gasteiger partial charge in [0.2, 0.25) is 5.88 Å². The van der Waals surface area contributed by atoms with Crippen LogP contribution in [0.25, 0.3) is 0 Å². The number of aromatic nitrogens is 2. The molecule has 1 aromatic rings. The summed E-state index contributed by atoms with van der Waals surface area (Å²) in [4.78, 5) is 0. The molecule has 0 aromatic carbocycles. The monoisotopic (exact) mass is 228 g/mol. The second-order valence-electron chi connectivity index (χ2n) is 4.03.